The summed E-state index contributed by atoms with van der Waals surface area (Å²) in [5.74, 6) is -6.28. The van der Waals surface area contributed by atoms with E-state index in [1.54, 1.807) is 31.1 Å². The molecule has 3 aliphatic carbocycles. The molecule has 34 heavy (non-hydrogen) atoms. The maximum absolute atomic E-state index is 13.5. The van der Waals surface area contributed by atoms with E-state index in [2.05, 4.69) is 0 Å². The van der Waals surface area contributed by atoms with Gasteiger partial charge in [-0.3, -0.25) is 24.1 Å². The zero-order valence-corrected chi connectivity index (χ0v) is 19.0. The minimum absolute atomic E-state index is 0.00548. The SMILES string of the molecule is CC(=O)COC1=C(C(N)=O)C(=O)[C@@]2(O)C(O)=C3C(=O)c4c(O)cccc4C[C@H]3C[C@H]2[C@@H]1N(C)C. The van der Waals surface area contributed by atoms with Crippen LogP contribution in [-0.4, -0.2) is 75.8 Å². The molecule has 0 saturated carbocycles. The molecule has 0 aromatic heterocycles. The van der Waals surface area contributed by atoms with E-state index >= 15 is 0 Å². The number of likely N-dealkylation sites (N-methyl/N-ethyl adjacent to an activating group) is 1. The lowest BCUT2D eigenvalue weighted by atomic mass is 9.58. The molecule has 0 aliphatic heterocycles. The molecule has 1 aromatic carbocycles. The number of hydrogen-bond acceptors (Lipinski definition) is 9. The van der Waals surface area contributed by atoms with Crippen molar-refractivity contribution in [3.8, 4) is 5.75 Å². The topological polar surface area (TPSA) is 167 Å². The van der Waals surface area contributed by atoms with Crippen LogP contribution in [0.2, 0.25) is 0 Å². The second-order valence-corrected chi connectivity index (χ2v) is 9.24. The highest BCUT2D eigenvalue weighted by atomic mass is 16.5. The van der Waals surface area contributed by atoms with Gasteiger partial charge >= 0.3 is 0 Å². The molecule has 0 fully saturated rings. The van der Waals surface area contributed by atoms with Crippen LogP contribution in [0.1, 0.15) is 29.3 Å². The van der Waals surface area contributed by atoms with Crippen LogP contribution in [0.25, 0.3) is 0 Å². The van der Waals surface area contributed by atoms with Crippen LogP contribution in [0.15, 0.2) is 40.9 Å². The number of aliphatic hydroxyl groups is 2. The van der Waals surface area contributed by atoms with Gasteiger partial charge in [0.05, 0.1) is 11.6 Å². The molecule has 10 nitrogen and oxygen atoms in total. The van der Waals surface area contributed by atoms with E-state index in [4.69, 9.17) is 10.5 Å². The van der Waals surface area contributed by atoms with Gasteiger partial charge in [-0.25, -0.2) is 0 Å². The van der Waals surface area contributed by atoms with Crippen LogP contribution >= 0.6 is 0 Å². The lowest BCUT2D eigenvalue weighted by Crippen LogP contribution is -2.64. The first-order valence-corrected chi connectivity index (χ1v) is 10.8. The Balaban J connectivity index is 1.94. The number of primary amides is 1. The molecule has 1 amide bonds. The maximum atomic E-state index is 13.5. The van der Waals surface area contributed by atoms with Crippen molar-refractivity contribution >= 4 is 23.3 Å². The Labute approximate surface area is 195 Å². The lowest BCUT2D eigenvalue weighted by molar-refractivity contribution is -0.149. The largest absolute Gasteiger partial charge is 0.508 e. The molecule has 10 heteroatoms. The average molecular weight is 470 g/mol. The van der Waals surface area contributed by atoms with Crippen LogP contribution < -0.4 is 5.73 Å². The van der Waals surface area contributed by atoms with E-state index in [0.29, 0.717) is 5.56 Å². The van der Waals surface area contributed by atoms with Crippen molar-refractivity contribution in [1.29, 1.82) is 0 Å². The van der Waals surface area contributed by atoms with Gasteiger partial charge in [0.2, 0.25) is 5.78 Å². The number of nitrogens with two attached hydrogens (primary N) is 1. The van der Waals surface area contributed by atoms with Crippen LogP contribution in [-0.2, 0) is 25.5 Å². The number of ether oxygens (including phenoxy) is 1. The van der Waals surface area contributed by atoms with Gasteiger partial charge < -0.3 is 25.8 Å². The molecule has 0 unspecified atom stereocenters. The van der Waals surface area contributed by atoms with Gasteiger partial charge in [-0.2, -0.15) is 0 Å². The average Bonchev–Trinajstić information content (AvgIpc) is 2.73. The van der Waals surface area contributed by atoms with E-state index in [-0.39, 0.29) is 41.3 Å². The molecule has 3 aliphatic rings. The number of carbonyl (C=O) groups is 4. The van der Waals surface area contributed by atoms with Crippen molar-refractivity contribution in [2.24, 2.45) is 17.6 Å². The molecule has 0 heterocycles. The van der Waals surface area contributed by atoms with Crippen molar-refractivity contribution in [3.63, 3.8) is 0 Å². The molecule has 0 bridgehead atoms. The Kier molecular flexibility index (Phi) is 5.61. The molecule has 5 N–H and O–H groups in total. The summed E-state index contributed by atoms with van der Waals surface area (Å²) in [4.78, 5) is 52.3. The highest BCUT2D eigenvalue weighted by Crippen LogP contribution is 2.52. The molecule has 180 valence electrons. The number of amides is 1. The van der Waals surface area contributed by atoms with E-state index in [1.165, 1.54) is 13.0 Å². The summed E-state index contributed by atoms with van der Waals surface area (Å²) in [5, 5.41) is 33.2. The van der Waals surface area contributed by atoms with Crippen LogP contribution in [0.4, 0.5) is 0 Å². The third-order valence-corrected chi connectivity index (χ3v) is 6.87. The summed E-state index contributed by atoms with van der Waals surface area (Å²) >= 11 is 0. The number of ketones is 3. The summed E-state index contributed by atoms with van der Waals surface area (Å²) in [6.07, 6.45) is 0.371. The predicted octanol–water partition coefficient (Wildman–Crippen LogP) is 0.168. The molecule has 4 rings (SSSR count). The van der Waals surface area contributed by atoms with E-state index < -0.39 is 58.9 Å². The number of fused-ring (bicyclic) bond motifs is 3. The van der Waals surface area contributed by atoms with Gasteiger partial charge in [-0.15, -0.1) is 0 Å². The van der Waals surface area contributed by atoms with E-state index in [0.717, 1.165) is 0 Å². The second kappa shape index (κ2) is 8.07. The van der Waals surface area contributed by atoms with Gasteiger partial charge in [0.1, 0.15) is 29.4 Å². The smallest absolute Gasteiger partial charge is 0.255 e. The number of rotatable bonds is 5. The van der Waals surface area contributed by atoms with Crippen molar-refractivity contribution in [2.75, 3.05) is 20.7 Å². The Morgan fingerprint density at radius 2 is 1.91 bits per heavy atom. The third-order valence-electron chi connectivity index (χ3n) is 6.87. The third kappa shape index (κ3) is 3.24. The normalized spacial score (nSPS) is 28.4. The number of aliphatic hydroxyl groups excluding tert-OH is 1. The zero-order valence-electron chi connectivity index (χ0n) is 19.0. The number of phenols is 1. The summed E-state index contributed by atoms with van der Waals surface area (Å²) < 4.78 is 5.58. The van der Waals surface area contributed by atoms with E-state index in [1.807, 2.05) is 0 Å². The number of benzene rings is 1. The fraction of sp³-hybridized carbons (Fsp3) is 0.417. The van der Waals surface area contributed by atoms with Crippen molar-refractivity contribution in [1.82, 2.24) is 4.90 Å². The Morgan fingerprint density at radius 1 is 1.24 bits per heavy atom. The van der Waals surface area contributed by atoms with Crippen LogP contribution in [0.3, 0.4) is 0 Å². The molecule has 0 spiro atoms. The summed E-state index contributed by atoms with van der Waals surface area (Å²) in [6, 6.07) is 3.74. The number of aromatic hydroxyl groups is 1. The Bertz CT molecular complexity index is 1200. The van der Waals surface area contributed by atoms with Crippen molar-refractivity contribution in [3.05, 3.63) is 52.0 Å². The monoisotopic (exact) mass is 470 g/mol. The Morgan fingerprint density at radius 3 is 2.50 bits per heavy atom. The predicted molar refractivity (Wildman–Crippen MR) is 118 cm³/mol. The highest BCUT2D eigenvalue weighted by Gasteiger charge is 2.63. The first kappa shape index (κ1) is 23.7. The quantitative estimate of drug-likeness (QED) is 0.438. The fourth-order valence-electron chi connectivity index (χ4n) is 5.50. The number of Topliss-reactive ketones (excluding diaryl/α,β-unsaturated/α-hetero) is 3. The minimum Gasteiger partial charge on any atom is -0.508 e. The molecular formula is C24H26N2O8. The minimum atomic E-state index is -2.62. The molecule has 0 radical (unpaired) electrons. The van der Waals surface area contributed by atoms with Crippen LogP contribution in [0, 0.1) is 11.8 Å². The first-order chi connectivity index (χ1) is 15.9. The van der Waals surface area contributed by atoms with Gasteiger partial charge in [0.25, 0.3) is 5.91 Å². The summed E-state index contributed by atoms with van der Waals surface area (Å²) in [6.45, 7) is 0.856. The molecule has 1 aromatic rings. The number of hydrogen-bond donors (Lipinski definition) is 4. The van der Waals surface area contributed by atoms with Crippen molar-refractivity contribution < 1.29 is 39.2 Å². The number of allylic oxidation sites excluding steroid dienone is 1. The molecule has 4 atom stereocenters. The summed E-state index contributed by atoms with van der Waals surface area (Å²) in [5.41, 5.74) is 2.61. The zero-order chi connectivity index (χ0) is 25.1. The van der Waals surface area contributed by atoms with Gasteiger partial charge in [0.15, 0.2) is 17.2 Å². The number of nitrogens with zero attached hydrogens (tertiary/aromatic N) is 1. The molecule has 0 saturated heterocycles. The lowest BCUT2D eigenvalue weighted by Gasteiger charge is -2.50. The van der Waals surface area contributed by atoms with E-state index in [9.17, 15) is 34.5 Å². The second-order valence-electron chi connectivity index (χ2n) is 9.24. The Hall–Kier alpha value is -3.50. The highest BCUT2D eigenvalue weighted by molar-refractivity contribution is 6.24. The first-order valence-electron chi connectivity index (χ1n) is 10.8. The fourth-order valence-corrected chi connectivity index (χ4v) is 5.50. The summed E-state index contributed by atoms with van der Waals surface area (Å²) in [7, 11) is 3.26. The number of carbonyl (C=O) groups excluding carboxylic acids is 4. The number of phenolic OH excluding ortho intramolecular Hbond substituents is 1. The standard InChI is InChI=1S/C24H26N2O8/c1-10(27)9-34-20-17(23(25)32)22(31)24(33)13(18(20)26(2)3)8-12-7-11-5-4-6-14(28)15(11)19(29)16(12)21(24)30/h4-6,12-13,18,28,30,33H,7-9H2,1-3H3,(H2,25,32)/t12-,13-,18-,24-/m0/s1. The van der Waals surface area contributed by atoms with Crippen LogP contribution in [0.5, 0.6) is 5.75 Å². The van der Waals surface area contributed by atoms with Gasteiger partial charge in [0, 0.05) is 11.5 Å². The van der Waals surface area contributed by atoms with Gasteiger partial charge in [-0.1, -0.05) is 12.1 Å². The van der Waals surface area contributed by atoms with Gasteiger partial charge in [-0.05, 0) is 51.4 Å². The maximum Gasteiger partial charge on any atom is 0.255 e. The molecular weight excluding hydrogens is 444 g/mol. The van der Waals surface area contributed by atoms with Crippen molar-refractivity contribution in [2.45, 2.75) is 31.4 Å².